The number of methoxy groups -OCH3 is 4. The number of aromatic carboxylic acids is 1. The van der Waals surface area contributed by atoms with Crippen molar-refractivity contribution in [2.75, 3.05) is 28.4 Å². The molecular weight excluding hydrogens is 415 g/mol. The molecule has 0 amide bonds. The second kappa shape index (κ2) is 10.2. The summed E-state index contributed by atoms with van der Waals surface area (Å²) in [7, 11) is 5.72. The van der Waals surface area contributed by atoms with E-state index in [1.807, 2.05) is 0 Å². The first-order valence-electron chi connectivity index (χ1n) is 9.01. The Morgan fingerprint density at radius 3 is 2.00 bits per heavy atom. The molecule has 0 saturated heterocycles. The Morgan fingerprint density at radius 1 is 0.935 bits per heavy atom. The van der Waals surface area contributed by atoms with Crippen LogP contribution >= 0.6 is 0 Å². The number of ketones is 1. The van der Waals surface area contributed by atoms with E-state index in [0.717, 1.165) is 0 Å². The Morgan fingerprint density at radius 2 is 1.52 bits per heavy atom. The third-order valence-corrected chi connectivity index (χ3v) is 4.94. The van der Waals surface area contributed by atoms with Gasteiger partial charge in [0.25, 0.3) is 0 Å². The number of carbonyl (C=O) groups is 2. The molecule has 1 aliphatic rings. The molecule has 2 aromatic rings. The van der Waals surface area contributed by atoms with Crippen LogP contribution < -0.4 is 53.6 Å². The van der Waals surface area contributed by atoms with Gasteiger partial charge in [0.15, 0.2) is 17.3 Å². The fourth-order valence-electron chi connectivity index (χ4n) is 3.61. The van der Waals surface area contributed by atoms with Crippen LogP contribution in [0.15, 0.2) is 30.3 Å². The number of aliphatic hydroxyl groups is 1. The Bertz CT molecular complexity index is 1020. The smallest absolute Gasteiger partial charge is 0.545 e. The molecule has 1 atom stereocenters. The Balaban J connectivity index is 0.00000341. The quantitative estimate of drug-likeness (QED) is 0.513. The van der Waals surface area contributed by atoms with Gasteiger partial charge in [-0.15, -0.1) is 0 Å². The van der Waals surface area contributed by atoms with Crippen molar-refractivity contribution >= 4 is 22.9 Å². The van der Waals surface area contributed by atoms with Crippen LogP contribution in [0.3, 0.4) is 0 Å². The zero-order chi connectivity index (χ0) is 22.0. The summed E-state index contributed by atoms with van der Waals surface area (Å²) in [6.45, 7) is 0. The van der Waals surface area contributed by atoms with E-state index in [0.29, 0.717) is 33.9 Å². The summed E-state index contributed by atoms with van der Waals surface area (Å²) < 4.78 is 21.1. The SMILES string of the molecule is COc1ccc(C2=C(c3cc(OC)c(OC)c(OC)c3)C(=O)CC2O)cc1C(=O)[O-].[Na+]. The van der Waals surface area contributed by atoms with Crippen LogP contribution in [0.25, 0.3) is 11.1 Å². The van der Waals surface area contributed by atoms with Gasteiger partial charge >= 0.3 is 29.6 Å². The topological polar surface area (TPSA) is 114 Å². The molecule has 0 aromatic heterocycles. The summed E-state index contributed by atoms with van der Waals surface area (Å²) in [5.41, 5.74) is 1.19. The minimum Gasteiger partial charge on any atom is -0.545 e. The predicted octanol–water partition coefficient (Wildman–Crippen LogP) is -1.67. The molecule has 1 N–H and O–H groups in total. The van der Waals surface area contributed by atoms with Crippen LogP contribution in [0.2, 0.25) is 0 Å². The maximum Gasteiger partial charge on any atom is 1.00 e. The van der Waals surface area contributed by atoms with E-state index in [1.165, 1.54) is 40.6 Å². The summed E-state index contributed by atoms with van der Waals surface area (Å²) in [6, 6.07) is 7.57. The van der Waals surface area contributed by atoms with E-state index in [4.69, 9.17) is 18.9 Å². The average Bonchev–Trinajstić information content (AvgIpc) is 3.05. The molecule has 1 unspecified atom stereocenters. The number of carboxylic acids is 1. The predicted molar refractivity (Wildman–Crippen MR) is 106 cm³/mol. The maximum absolute atomic E-state index is 12.8. The molecule has 0 bridgehead atoms. The summed E-state index contributed by atoms with van der Waals surface area (Å²) in [5, 5.41) is 22.1. The number of allylic oxidation sites excluding steroid dienone is 1. The van der Waals surface area contributed by atoms with E-state index in [-0.39, 0.29) is 58.6 Å². The number of rotatable bonds is 7. The molecule has 2 aromatic carbocycles. The Labute approximate surface area is 201 Å². The largest absolute Gasteiger partial charge is 1.00 e. The maximum atomic E-state index is 12.8. The van der Waals surface area contributed by atoms with Gasteiger partial charge in [-0.3, -0.25) is 4.79 Å². The van der Waals surface area contributed by atoms with E-state index in [9.17, 15) is 19.8 Å². The van der Waals surface area contributed by atoms with Crippen LogP contribution in [0.1, 0.15) is 27.9 Å². The zero-order valence-corrected chi connectivity index (χ0v) is 20.0. The fourth-order valence-corrected chi connectivity index (χ4v) is 3.61. The van der Waals surface area contributed by atoms with Gasteiger partial charge in [0.1, 0.15) is 5.75 Å². The molecular formula is C22H21NaO8. The van der Waals surface area contributed by atoms with Gasteiger partial charge in [0.2, 0.25) is 5.75 Å². The number of aliphatic hydroxyl groups excluding tert-OH is 1. The van der Waals surface area contributed by atoms with E-state index in [1.54, 1.807) is 18.2 Å². The Hall–Kier alpha value is -2.52. The molecule has 9 heteroatoms. The van der Waals surface area contributed by atoms with E-state index in [2.05, 4.69) is 0 Å². The van der Waals surface area contributed by atoms with Crippen LogP contribution in [0.5, 0.6) is 23.0 Å². The minimum atomic E-state index is -1.43. The summed E-state index contributed by atoms with van der Waals surface area (Å²) >= 11 is 0. The van der Waals surface area contributed by atoms with Crippen molar-refractivity contribution in [1.82, 2.24) is 0 Å². The molecule has 0 fully saturated rings. The molecule has 31 heavy (non-hydrogen) atoms. The second-order valence-electron chi connectivity index (χ2n) is 6.55. The van der Waals surface area contributed by atoms with Crippen LogP contribution in [-0.4, -0.2) is 51.4 Å². The number of carbonyl (C=O) groups excluding carboxylic acids is 2. The number of benzene rings is 2. The molecule has 158 valence electrons. The summed E-state index contributed by atoms with van der Waals surface area (Å²) in [6.07, 6.45) is -1.23. The number of ether oxygens (including phenoxy) is 4. The molecule has 3 rings (SSSR count). The van der Waals surface area contributed by atoms with Crippen molar-refractivity contribution in [2.24, 2.45) is 0 Å². The van der Waals surface area contributed by atoms with Crippen molar-refractivity contribution < 1.29 is 68.3 Å². The monoisotopic (exact) mass is 436 g/mol. The Kier molecular flexibility index (Phi) is 8.14. The standard InChI is InChI=1S/C22H22O8.Na/c1-27-16-6-5-11(7-13(16)22(25)26)19-14(23)10-15(24)20(19)12-8-17(28-2)21(30-4)18(9-12)29-3;/h5-9,14,23H,10H2,1-4H3,(H,25,26);/q;+1/p-1. The van der Waals surface area contributed by atoms with Gasteiger partial charge < -0.3 is 34.0 Å². The number of carboxylic acid groups (broad SMARTS) is 1. The van der Waals surface area contributed by atoms with Crippen molar-refractivity contribution in [1.29, 1.82) is 0 Å². The van der Waals surface area contributed by atoms with Crippen molar-refractivity contribution in [3.05, 3.63) is 47.0 Å². The molecule has 0 spiro atoms. The third kappa shape index (κ3) is 4.57. The van der Waals surface area contributed by atoms with E-state index < -0.39 is 12.1 Å². The molecule has 8 nitrogen and oxygen atoms in total. The first-order valence-corrected chi connectivity index (χ1v) is 9.01. The van der Waals surface area contributed by atoms with Gasteiger partial charge in [-0.25, -0.2) is 0 Å². The number of hydrogen-bond acceptors (Lipinski definition) is 8. The zero-order valence-electron chi connectivity index (χ0n) is 18.0. The molecule has 0 radical (unpaired) electrons. The third-order valence-electron chi connectivity index (χ3n) is 4.94. The van der Waals surface area contributed by atoms with Crippen molar-refractivity contribution in [3.8, 4) is 23.0 Å². The summed E-state index contributed by atoms with van der Waals surface area (Å²) in [4.78, 5) is 24.3. The normalized spacial score (nSPS) is 15.4. The van der Waals surface area contributed by atoms with Crippen LogP contribution in [0.4, 0.5) is 0 Å². The van der Waals surface area contributed by atoms with Crippen LogP contribution in [-0.2, 0) is 4.79 Å². The fraction of sp³-hybridized carbons (Fsp3) is 0.273. The first-order chi connectivity index (χ1) is 14.4. The van der Waals surface area contributed by atoms with Gasteiger partial charge in [-0.2, -0.15) is 0 Å². The summed E-state index contributed by atoms with van der Waals surface area (Å²) in [5.74, 6) is -0.552. The van der Waals surface area contributed by atoms with Crippen molar-refractivity contribution in [2.45, 2.75) is 12.5 Å². The number of hydrogen-bond donors (Lipinski definition) is 1. The van der Waals surface area contributed by atoms with E-state index >= 15 is 0 Å². The molecule has 1 aliphatic carbocycles. The van der Waals surface area contributed by atoms with Gasteiger partial charge in [0.05, 0.1) is 40.5 Å². The minimum absolute atomic E-state index is 0. The molecule has 0 saturated carbocycles. The first kappa shape index (κ1) is 24.7. The van der Waals surface area contributed by atoms with Gasteiger partial charge in [-0.05, 0) is 41.0 Å². The van der Waals surface area contributed by atoms with Crippen molar-refractivity contribution in [3.63, 3.8) is 0 Å². The average molecular weight is 436 g/mol. The molecule has 0 aliphatic heterocycles. The van der Waals surface area contributed by atoms with Gasteiger partial charge in [-0.1, -0.05) is 6.07 Å². The van der Waals surface area contributed by atoms with Gasteiger partial charge in [0, 0.05) is 17.6 Å². The second-order valence-corrected chi connectivity index (χ2v) is 6.55. The molecule has 0 heterocycles. The number of Topliss-reactive ketones (excluding diaryl/α,β-unsaturated/α-hetero) is 1. The van der Waals surface area contributed by atoms with Crippen LogP contribution in [0, 0.1) is 0 Å².